The zero-order valence-electron chi connectivity index (χ0n) is 11.2. The molecule has 0 amide bonds. The average Bonchev–Trinajstić information content (AvgIpc) is 2.37. The van der Waals surface area contributed by atoms with Gasteiger partial charge in [-0.3, -0.25) is 4.39 Å². The van der Waals surface area contributed by atoms with Crippen LogP contribution >= 0.6 is 0 Å². The first-order chi connectivity index (χ1) is 8.77. The van der Waals surface area contributed by atoms with Gasteiger partial charge in [0.2, 0.25) is 0 Å². The van der Waals surface area contributed by atoms with Crippen LogP contribution in [0.3, 0.4) is 0 Å². The van der Waals surface area contributed by atoms with Crippen molar-refractivity contribution in [3.63, 3.8) is 0 Å². The Bertz CT molecular complexity index is 345. The van der Waals surface area contributed by atoms with Crippen LogP contribution in [0, 0.1) is 6.92 Å². The largest absolute Gasteiger partial charge is 0.493 e. The summed E-state index contributed by atoms with van der Waals surface area (Å²) in [6.07, 6.45) is 0.435. The number of hydrogen-bond acceptors (Lipinski definition) is 3. The molecule has 0 radical (unpaired) electrons. The van der Waals surface area contributed by atoms with Crippen molar-refractivity contribution in [1.29, 1.82) is 0 Å². The Balaban J connectivity index is 2.53. The summed E-state index contributed by atoms with van der Waals surface area (Å²) in [6, 6.07) is 6.04. The summed E-state index contributed by atoms with van der Waals surface area (Å²) in [5, 5.41) is 3.28. The Morgan fingerprint density at radius 3 is 2.83 bits per heavy atom. The average molecular weight is 255 g/mol. The Labute approximate surface area is 108 Å². The Morgan fingerprint density at radius 1 is 1.28 bits per heavy atom. The van der Waals surface area contributed by atoms with E-state index in [0.29, 0.717) is 19.6 Å². The van der Waals surface area contributed by atoms with Gasteiger partial charge in [-0.15, -0.1) is 0 Å². The van der Waals surface area contributed by atoms with E-state index in [1.165, 1.54) is 5.56 Å². The Morgan fingerprint density at radius 2 is 2.11 bits per heavy atom. The van der Waals surface area contributed by atoms with E-state index in [4.69, 9.17) is 9.47 Å². The Kier molecular flexibility index (Phi) is 7.37. The predicted molar refractivity (Wildman–Crippen MR) is 70.8 cm³/mol. The molecule has 0 aromatic heterocycles. The van der Waals surface area contributed by atoms with Gasteiger partial charge in [-0.05, 0) is 13.0 Å². The van der Waals surface area contributed by atoms with E-state index in [2.05, 4.69) is 11.4 Å². The highest BCUT2D eigenvalue weighted by atomic mass is 19.1. The van der Waals surface area contributed by atoms with Crippen molar-refractivity contribution in [2.24, 2.45) is 0 Å². The molecule has 1 N–H and O–H groups in total. The van der Waals surface area contributed by atoms with E-state index in [9.17, 15) is 4.39 Å². The predicted octanol–water partition coefficient (Wildman–Crippen LogP) is 2.47. The van der Waals surface area contributed by atoms with Gasteiger partial charge in [-0.2, -0.15) is 0 Å². The molecule has 0 spiro atoms. The molecule has 3 nitrogen and oxygen atoms in total. The molecule has 0 bridgehead atoms. The van der Waals surface area contributed by atoms with E-state index in [1.807, 2.05) is 19.1 Å². The number of methoxy groups -OCH3 is 1. The molecule has 1 aromatic rings. The lowest BCUT2D eigenvalue weighted by atomic mass is 10.1. The second-order valence-corrected chi connectivity index (χ2v) is 4.17. The highest BCUT2D eigenvalue weighted by Gasteiger charge is 2.04. The maximum Gasteiger partial charge on any atom is 0.123 e. The molecule has 0 heterocycles. The smallest absolute Gasteiger partial charge is 0.123 e. The molecule has 0 atom stereocenters. The number of alkyl halides is 1. The fourth-order valence-electron chi connectivity index (χ4n) is 1.62. The minimum atomic E-state index is -0.340. The molecule has 0 aliphatic carbocycles. The lowest BCUT2D eigenvalue weighted by molar-refractivity contribution is 0.199. The normalized spacial score (nSPS) is 10.6. The fourth-order valence-corrected chi connectivity index (χ4v) is 1.62. The van der Waals surface area contributed by atoms with Crippen LogP contribution in [0.2, 0.25) is 0 Å². The van der Waals surface area contributed by atoms with Crippen LogP contribution in [-0.4, -0.2) is 33.5 Å². The summed E-state index contributed by atoms with van der Waals surface area (Å²) in [5.41, 5.74) is 2.29. The van der Waals surface area contributed by atoms with E-state index in [1.54, 1.807) is 7.11 Å². The first-order valence-corrected chi connectivity index (χ1v) is 6.26. The van der Waals surface area contributed by atoms with Gasteiger partial charge < -0.3 is 14.8 Å². The monoisotopic (exact) mass is 255 g/mol. The molecule has 1 aromatic carbocycles. The van der Waals surface area contributed by atoms with Crippen molar-refractivity contribution < 1.29 is 13.9 Å². The van der Waals surface area contributed by atoms with Gasteiger partial charge >= 0.3 is 0 Å². The molecule has 0 saturated carbocycles. The van der Waals surface area contributed by atoms with E-state index in [-0.39, 0.29) is 6.67 Å². The van der Waals surface area contributed by atoms with Crippen LogP contribution < -0.4 is 10.1 Å². The van der Waals surface area contributed by atoms with Crippen molar-refractivity contribution in [1.82, 2.24) is 5.32 Å². The standard InChI is InChI=1S/C14H22FNO2/c1-12-4-5-14(18-8-3-6-15)13(10-12)11-16-7-9-17-2/h4-5,10,16H,3,6-9,11H2,1-2H3. The van der Waals surface area contributed by atoms with E-state index >= 15 is 0 Å². The maximum atomic E-state index is 12.0. The number of aryl methyl sites for hydroxylation is 1. The second-order valence-electron chi connectivity index (χ2n) is 4.17. The van der Waals surface area contributed by atoms with Gasteiger partial charge in [0.15, 0.2) is 0 Å². The Hall–Kier alpha value is -1.13. The third-order valence-electron chi connectivity index (χ3n) is 2.55. The van der Waals surface area contributed by atoms with Gasteiger partial charge in [0.25, 0.3) is 0 Å². The molecular formula is C14H22FNO2. The topological polar surface area (TPSA) is 30.5 Å². The highest BCUT2D eigenvalue weighted by molar-refractivity contribution is 5.36. The van der Waals surface area contributed by atoms with Gasteiger partial charge in [0.1, 0.15) is 5.75 Å². The first-order valence-electron chi connectivity index (χ1n) is 6.26. The SMILES string of the molecule is COCCNCc1cc(C)ccc1OCCCF. The van der Waals surface area contributed by atoms with Crippen molar-refractivity contribution in [2.75, 3.05) is 33.5 Å². The second kappa shape index (κ2) is 8.89. The minimum absolute atomic E-state index is 0.340. The van der Waals surface area contributed by atoms with Crippen LogP contribution in [0.25, 0.3) is 0 Å². The third kappa shape index (κ3) is 5.47. The molecule has 0 aliphatic heterocycles. The van der Waals surface area contributed by atoms with Crippen LogP contribution in [0.5, 0.6) is 5.75 Å². The quantitative estimate of drug-likeness (QED) is 0.688. The molecule has 18 heavy (non-hydrogen) atoms. The van der Waals surface area contributed by atoms with Crippen LogP contribution in [-0.2, 0) is 11.3 Å². The van der Waals surface area contributed by atoms with Gasteiger partial charge in [-0.1, -0.05) is 17.7 Å². The number of ether oxygens (including phenoxy) is 2. The molecule has 0 unspecified atom stereocenters. The minimum Gasteiger partial charge on any atom is -0.493 e. The molecule has 0 saturated heterocycles. The van der Waals surface area contributed by atoms with Gasteiger partial charge in [0.05, 0.1) is 19.9 Å². The molecule has 0 fully saturated rings. The number of rotatable bonds is 9. The number of benzene rings is 1. The molecule has 1 rings (SSSR count). The third-order valence-corrected chi connectivity index (χ3v) is 2.55. The number of nitrogens with one attached hydrogen (secondary N) is 1. The zero-order chi connectivity index (χ0) is 13.2. The summed E-state index contributed by atoms with van der Waals surface area (Å²) in [5.74, 6) is 0.832. The maximum absolute atomic E-state index is 12.0. The lowest BCUT2D eigenvalue weighted by Gasteiger charge is -2.12. The van der Waals surface area contributed by atoms with E-state index in [0.717, 1.165) is 24.4 Å². The fraction of sp³-hybridized carbons (Fsp3) is 0.571. The van der Waals surface area contributed by atoms with E-state index < -0.39 is 0 Å². The summed E-state index contributed by atoms with van der Waals surface area (Å²) < 4.78 is 22.6. The van der Waals surface area contributed by atoms with Crippen molar-refractivity contribution in [2.45, 2.75) is 19.9 Å². The highest BCUT2D eigenvalue weighted by Crippen LogP contribution is 2.20. The van der Waals surface area contributed by atoms with Gasteiger partial charge in [-0.25, -0.2) is 0 Å². The zero-order valence-corrected chi connectivity index (χ0v) is 11.2. The summed E-state index contributed by atoms with van der Waals surface area (Å²) in [7, 11) is 1.68. The molecule has 0 aliphatic rings. The summed E-state index contributed by atoms with van der Waals surface area (Å²) in [4.78, 5) is 0. The van der Waals surface area contributed by atoms with Crippen LogP contribution in [0.15, 0.2) is 18.2 Å². The molecule has 4 heteroatoms. The van der Waals surface area contributed by atoms with Gasteiger partial charge in [0, 0.05) is 32.2 Å². The number of hydrogen-bond donors (Lipinski definition) is 1. The van der Waals surface area contributed by atoms with Crippen molar-refractivity contribution in [3.8, 4) is 5.75 Å². The van der Waals surface area contributed by atoms with Crippen molar-refractivity contribution >= 4 is 0 Å². The molecular weight excluding hydrogens is 233 g/mol. The van der Waals surface area contributed by atoms with Crippen molar-refractivity contribution in [3.05, 3.63) is 29.3 Å². The van der Waals surface area contributed by atoms with Crippen LogP contribution in [0.4, 0.5) is 4.39 Å². The summed E-state index contributed by atoms with van der Waals surface area (Å²) in [6.45, 7) is 4.34. The molecule has 102 valence electrons. The van der Waals surface area contributed by atoms with Crippen LogP contribution in [0.1, 0.15) is 17.5 Å². The number of halogens is 1. The summed E-state index contributed by atoms with van der Waals surface area (Å²) >= 11 is 0. The lowest BCUT2D eigenvalue weighted by Crippen LogP contribution is -2.19. The first kappa shape index (κ1) is 14.9.